The van der Waals surface area contributed by atoms with Crippen LogP contribution in [0.4, 0.5) is 0 Å². The van der Waals surface area contributed by atoms with Crippen molar-refractivity contribution in [3.63, 3.8) is 0 Å². The van der Waals surface area contributed by atoms with Gasteiger partial charge in [-0.1, -0.05) is 13.3 Å². The Bertz CT molecular complexity index is 196. The number of carbonyl (C=O) groups is 1. The molecule has 2 nitrogen and oxygen atoms in total. The molecule has 0 saturated carbocycles. The average Bonchev–Trinajstić information content (AvgIpc) is 2.43. The Balaban J connectivity index is 2.34. The Morgan fingerprint density at radius 2 is 2.20 bits per heavy atom. The van der Waals surface area contributed by atoms with Crippen molar-refractivity contribution in [3.8, 4) is 0 Å². The number of rotatable bonds is 5. The lowest BCUT2D eigenvalue weighted by atomic mass is 10.2. The van der Waals surface area contributed by atoms with E-state index in [2.05, 4.69) is 18.7 Å². The summed E-state index contributed by atoms with van der Waals surface area (Å²) in [6.45, 7) is 5.37. The van der Waals surface area contributed by atoms with Gasteiger partial charge in [-0.3, -0.25) is 4.79 Å². The fraction of sp³-hybridized carbons (Fsp3) is 0.917. The van der Waals surface area contributed by atoms with Crippen LogP contribution in [0, 0.1) is 0 Å². The number of amides is 1. The van der Waals surface area contributed by atoms with Crippen molar-refractivity contribution in [2.45, 2.75) is 52.0 Å². The zero-order valence-corrected chi connectivity index (χ0v) is 10.8. The highest BCUT2D eigenvalue weighted by molar-refractivity contribution is 7.99. The molecule has 1 atom stereocenters. The van der Waals surface area contributed by atoms with Gasteiger partial charge in [0, 0.05) is 24.8 Å². The summed E-state index contributed by atoms with van der Waals surface area (Å²) < 4.78 is 0. The predicted molar refractivity (Wildman–Crippen MR) is 67.3 cm³/mol. The molecule has 15 heavy (non-hydrogen) atoms. The second-order valence-corrected chi connectivity index (χ2v) is 5.47. The zero-order valence-electron chi connectivity index (χ0n) is 10.00. The average molecular weight is 229 g/mol. The molecule has 0 aliphatic carbocycles. The van der Waals surface area contributed by atoms with Gasteiger partial charge in [0.25, 0.3) is 0 Å². The summed E-state index contributed by atoms with van der Waals surface area (Å²) in [5, 5.41) is 0. The molecule has 1 heterocycles. The van der Waals surface area contributed by atoms with Crippen LogP contribution in [0.25, 0.3) is 0 Å². The van der Waals surface area contributed by atoms with Crippen LogP contribution in [0.15, 0.2) is 0 Å². The second kappa shape index (κ2) is 7.15. The van der Waals surface area contributed by atoms with Gasteiger partial charge in [-0.25, -0.2) is 0 Å². The van der Waals surface area contributed by atoms with Crippen LogP contribution in [-0.4, -0.2) is 34.9 Å². The molecule has 0 aromatic heterocycles. The van der Waals surface area contributed by atoms with Crippen molar-refractivity contribution in [1.82, 2.24) is 4.90 Å². The first-order chi connectivity index (χ1) is 7.25. The molecule has 88 valence electrons. The molecule has 1 rings (SSSR count). The smallest absolute Gasteiger partial charge is 0.222 e. The van der Waals surface area contributed by atoms with Gasteiger partial charge < -0.3 is 4.90 Å². The minimum Gasteiger partial charge on any atom is -0.339 e. The van der Waals surface area contributed by atoms with Gasteiger partial charge in [0.2, 0.25) is 5.91 Å². The molecular weight excluding hydrogens is 206 g/mol. The Hall–Kier alpha value is -0.180. The molecule has 0 aromatic carbocycles. The molecule has 1 aliphatic heterocycles. The van der Waals surface area contributed by atoms with Crippen LogP contribution in [0.1, 0.15) is 46.0 Å². The summed E-state index contributed by atoms with van der Waals surface area (Å²) in [5.41, 5.74) is 0. The van der Waals surface area contributed by atoms with Gasteiger partial charge in [-0.2, -0.15) is 11.8 Å². The molecule has 1 fully saturated rings. The molecule has 0 radical (unpaired) electrons. The van der Waals surface area contributed by atoms with E-state index in [4.69, 9.17) is 0 Å². The van der Waals surface area contributed by atoms with Crippen LogP contribution in [0.2, 0.25) is 0 Å². The van der Waals surface area contributed by atoms with Gasteiger partial charge in [-0.15, -0.1) is 0 Å². The Morgan fingerprint density at radius 1 is 1.40 bits per heavy atom. The molecule has 0 aromatic rings. The van der Waals surface area contributed by atoms with E-state index in [0.717, 1.165) is 25.1 Å². The van der Waals surface area contributed by atoms with E-state index >= 15 is 0 Å². The van der Waals surface area contributed by atoms with E-state index in [1.165, 1.54) is 25.0 Å². The Labute approximate surface area is 97.8 Å². The van der Waals surface area contributed by atoms with Crippen LogP contribution in [0.5, 0.6) is 0 Å². The lowest BCUT2D eigenvalue weighted by Crippen LogP contribution is -2.39. The highest BCUT2D eigenvalue weighted by Gasteiger charge is 2.21. The molecule has 3 heteroatoms. The van der Waals surface area contributed by atoms with E-state index in [0.29, 0.717) is 11.9 Å². The standard InChI is InChI=1S/C12H23NOS/c1-3-9-15-10-11(2)13-8-6-4-5-7-12(13)14/h11H,3-10H2,1-2H3. The van der Waals surface area contributed by atoms with E-state index in [1.807, 2.05) is 11.8 Å². The second-order valence-electron chi connectivity index (χ2n) is 4.32. The highest BCUT2D eigenvalue weighted by atomic mass is 32.2. The fourth-order valence-electron chi connectivity index (χ4n) is 1.96. The summed E-state index contributed by atoms with van der Waals surface area (Å²) in [4.78, 5) is 13.9. The lowest BCUT2D eigenvalue weighted by Gasteiger charge is -2.27. The van der Waals surface area contributed by atoms with Crippen LogP contribution >= 0.6 is 11.8 Å². The van der Waals surface area contributed by atoms with Crippen molar-refractivity contribution < 1.29 is 4.79 Å². The van der Waals surface area contributed by atoms with Crippen molar-refractivity contribution >= 4 is 17.7 Å². The first-order valence-corrected chi connectivity index (χ1v) is 7.28. The van der Waals surface area contributed by atoms with Crippen molar-refractivity contribution in [2.24, 2.45) is 0 Å². The van der Waals surface area contributed by atoms with Crippen molar-refractivity contribution in [2.75, 3.05) is 18.1 Å². The first-order valence-electron chi connectivity index (χ1n) is 6.13. The fourth-order valence-corrected chi connectivity index (χ4v) is 2.93. The van der Waals surface area contributed by atoms with E-state index in [9.17, 15) is 4.79 Å². The molecule has 1 unspecified atom stereocenters. The number of thioether (sulfide) groups is 1. The molecule has 0 N–H and O–H groups in total. The summed E-state index contributed by atoms with van der Waals surface area (Å²) in [6.07, 6.45) is 5.49. The number of carbonyl (C=O) groups excluding carboxylic acids is 1. The largest absolute Gasteiger partial charge is 0.339 e. The third-order valence-corrected chi connectivity index (χ3v) is 4.26. The number of hydrogen-bond donors (Lipinski definition) is 0. The zero-order chi connectivity index (χ0) is 11.1. The summed E-state index contributed by atoms with van der Waals surface area (Å²) in [5.74, 6) is 2.68. The SMILES string of the molecule is CCCSCC(C)N1CCCCCC1=O. The third kappa shape index (κ3) is 4.45. The lowest BCUT2D eigenvalue weighted by molar-refractivity contribution is -0.132. The van der Waals surface area contributed by atoms with Crippen LogP contribution in [-0.2, 0) is 4.79 Å². The maximum atomic E-state index is 11.8. The first kappa shape index (κ1) is 12.9. The van der Waals surface area contributed by atoms with E-state index in [1.54, 1.807) is 0 Å². The summed E-state index contributed by atoms with van der Waals surface area (Å²) in [6, 6.07) is 0.423. The van der Waals surface area contributed by atoms with E-state index in [-0.39, 0.29) is 0 Å². The molecule has 1 amide bonds. The van der Waals surface area contributed by atoms with Crippen LogP contribution in [0.3, 0.4) is 0 Å². The minimum atomic E-state index is 0.372. The van der Waals surface area contributed by atoms with Crippen molar-refractivity contribution in [3.05, 3.63) is 0 Å². The monoisotopic (exact) mass is 229 g/mol. The predicted octanol–water partition coefficient (Wildman–Crippen LogP) is 2.92. The topological polar surface area (TPSA) is 20.3 Å². The Kier molecular flexibility index (Phi) is 6.15. The van der Waals surface area contributed by atoms with Gasteiger partial charge in [-0.05, 0) is 31.9 Å². The number of likely N-dealkylation sites (tertiary alicyclic amines) is 1. The molecule has 0 bridgehead atoms. The number of hydrogen-bond acceptors (Lipinski definition) is 2. The maximum Gasteiger partial charge on any atom is 0.222 e. The minimum absolute atomic E-state index is 0.372. The van der Waals surface area contributed by atoms with Crippen LogP contribution < -0.4 is 0 Å². The molecule has 1 aliphatic rings. The molecule has 1 saturated heterocycles. The van der Waals surface area contributed by atoms with Gasteiger partial charge >= 0.3 is 0 Å². The Morgan fingerprint density at radius 3 is 2.93 bits per heavy atom. The van der Waals surface area contributed by atoms with Gasteiger partial charge in [0.1, 0.15) is 0 Å². The van der Waals surface area contributed by atoms with Gasteiger partial charge in [0.15, 0.2) is 0 Å². The normalized spacial score (nSPS) is 20.1. The van der Waals surface area contributed by atoms with Gasteiger partial charge in [0.05, 0.1) is 0 Å². The molecule has 0 spiro atoms. The van der Waals surface area contributed by atoms with E-state index < -0.39 is 0 Å². The quantitative estimate of drug-likeness (QED) is 0.676. The maximum absolute atomic E-state index is 11.8. The summed E-state index contributed by atoms with van der Waals surface area (Å²) >= 11 is 1.97. The molecular formula is C12H23NOS. The summed E-state index contributed by atoms with van der Waals surface area (Å²) in [7, 11) is 0. The third-order valence-electron chi connectivity index (χ3n) is 2.85. The van der Waals surface area contributed by atoms with Crippen molar-refractivity contribution in [1.29, 1.82) is 0 Å². The highest BCUT2D eigenvalue weighted by Crippen LogP contribution is 2.16. The number of nitrogens with zero attached hydrogens (tertiary/aromatic N) is 1.